The third kappa shape index (κ3) is 4.66. The van der Waals surface area contributed by atoms with Crippen LogP contribution in [-0.4, -0.2) is 38.5 Å². The first-order valence-corrected chi connectivity index (χ1v) is 9.74. The minimum Gasteiger partial charge on any atom is -0.506 e. The molecule has 3 rings (SSSR count). The quantitative estimate of drug-likeness (QED) is 0.365. The number of carbonyl (C=O) groups is 3. The number of nitrogens with one attached hydrogen (secondary N) is 1. The molecule has 1 saturated heterocycles. The van der Waals surface area contributed by atoms with E-state index >= 15 is 0 Å². The molecule has 2 aromatic carbocycles. The molecule has 0 saturated carbocycles. The predicted molar refractivity (Wildman–Crippen MR) is 110 cm³/mol. The number of non-ortho nitro benzene ring substituents is 1. The first-order valence-electron chi connectivity index (χ1n) is 8.13. The van der Waals surface area contributed by atoms with Gasteiger partial charge in [0.15, 0.2) is 0 Å². The van der Waals surface area contributed by atoms with Crippen molar-refractivity contribution in [2.75, 3.05) is 11.9 Å². The van der Waals surface area contributed by atoms with Gasteiger partial charge in [-0.25, -0.2) is 4.39 Å². The number of carbonyl (C=O) groups excluding carboxylic acids is 3. The number of nitro groups is 1. The highest BCUT2D eigenvalue weighted by Crippen LogP contribution is 2.38. The number of thioether (sulfide) groups is 1. The first kappa shape index (κ1) is 21.5. The van der Waals surface area contributed by atoms with Crippen LogP contribution in [0.15, 0.2) is 45.8 Å². The summed E-state index contributed by atoms with van der Waals surface area (Å²) in [5, 5.41) is 22.7. The normalized spacial score (nSPS) is 15.0. The van der Waals surface area contributed by atoms with Crippen LogP contribution < -0.4 is 5.32 Å². The number of hydrogen-bond donors (Lipinski definition) is 2. The lowest BCUT2D eigenvalue weighted by Crippen LogP contribution is -2.36. The van der Waals surface area contributed by atoms with Gasteiger partial charge in [0.05, 0.1) is 14.3 Å². The Morgan fingerprint density at radius 3 is 2.73 bits per heavy atom. The molecule has 0 aromatic heterocycles. The molecule has 1 heterocycles. The molecule has 3 amide bonds. The van der Waals surface area contributed by atoms with Crippen LogP contribution in [0.3, 0.4) is 0 Å². The highest BCUT2D eigenvalue weighted by Gasteiger charge is 2.36. The lowest BCUT2D eigenvalue weighted by molar-refractivity contribution is -0.385. The molecular weight excluding hydrogens is 485 g/mol. The maximum atomic E-state index is 13.2. The molecule has 1 aliphatic rings. The number of nitrogens with zero attached hydrogens (tertiary/aromatic N) is 2. The zero-order chi connectivity index (χ0) is 22.0. The lowest BCUT2D eigenvalue weighted by atomic mass is 10.1. The number of rotatable bonds is 5. The summed E-state index contributed by atoms with van der Waals surface area (Å²) in [7, 11) is 0. The van der Waals surface area contributed by atoms with Crippen molar-refractivity contribution in [1.29, 1.82) is 0 Å². The third-order valence-electron chi connectivity index (χ3n) is 3.86. The van der Waals surface area contributed by atoms with Crippen molar-refractivity contribution in [1.82, 2.24) is 4.90 Å². The van der Waals surface area contributed by atoms with E-state index in [1.165, 1.54) is 18.2 Å². The van der Waals surface area contributed by atoms with E-state index in [0.29, 0.717) is 16.7 Å². The van der Waals surface area contributed by atoms with E-state index < -0.39 is 34.3 Å². The number of amides is 3. The van der Waals surface area contributed by atoms with Crippen molar-refractivity contribution in [2.45, 2.75) is 0 Å². The van der Waals surface area contributed by atoms with Crippen molar-refractivity contribution >= 4 is 62.2 Å². The maximum absolute atomic E-state index is 13.2. The summed E-state index contributed by atoms with van der Waals surface area (Å²) in [4.78, 5) is 47.7. The van der Waals surface area contributed by atoms with E-state index in [9.17, 15) is 34.0 Å². The van der Waals surface area contributed by atoms with Gasteiger partial charge < -0.3 is 10.4 Å². The number of phenolic OH excluding ortho intramolecular Hbond substituents is 1. The Morgan fingerprint density at radius 1 is 1.33 bits per heavy atom. The highest BCUT2D eigenvalue weighted by molar-refractivity contribution is 9.10. The fourth-order valence-corrected chi connectivity index (χ4v) is 3.80. The molecule has 1 aliphatic heterocycles. The molecule has 2 N–H and O–H groups in total. The fourth-order valence-electron chi connectivity index (χ4n) is 2.51. The number of halogens is 2. The smallest absolute Gasteiger partial charge is 0.294 e. The average molecular weight is 496 g/mol. The van der Waals surface area contributed by atoms with Gasteiger partial charge in [0.2, 0.25) is 5.91 Å². The summed E-state index contributed by atoms with van der Waals surface area (Å²) in [5.74, 6) is -2.44. The highest BCUT2D eigenvalue weighted by atomic mass is 79.9. The summed E-state index contributed by atoms with van der Waals surface area (Å²) >= 11 is 3.51. The van der Waals surface area contributed by atoms with Gasteiger partial charge in [-0.2, -0.15) is 0 Å². The monoisotopic (exact) mass is 495 g/mol. The molecule has 0 radical (unpaired) electrons. The Kier molecular flexibility index (Phi) is 6.17. The summed E-state index contributed by atoms with van der Waals surface area (Å²) < 4.78 is 13.2. The Hall–Kier alpha value is -3.25. The van der Waals surface area contributed by atoms with E-state index in [4.69, 9.17) is 0 Å². The van der Waals surface area contributed by atoms with Crippen molar-refractivity contribution in [2.24, 2.45) is 0 Å². The lowest BCUT2D eigenvalue weighted by Gasteiger charge is -2.12. The van der Waals surface area contributed by atoms with Crippen molar-refractivity contribution in [3.05, 3.63) is 67.3 Å². The second kappa shape index (κ2) is 8.63. The van der Waals surface area contributed by atoms with E-state index in [1.54, 1.807) is 0 Å². The van der Waals surface area contributed by atoms with Crippen LogP contribution in [0.1, 0.15) is 5.56 Å². The maximum Gasteiger partial charge on any atom is 0.294 e. The Morgan fingerprint density at radius 2 is 2.07 bits per heavy atom. The van der Waals surface area contributed by atoms with Crippen molar-refractivity contribution in [3.63, 3.8) is 0 Å². The fraction of sp³-hybridized carbons (Fsp3) is 0.0556. The summed E-state index contributed by atoms with van der Waals surface area (Å²) in [5.41, 5.74) is -0.223. The van der Waals surface area contributed by atoms with E-state index in [0.717, 1.165) is 24.3 Å². The third-order valence-corrected chi connectivity index (χ3v) is 5.37. The van der Waals surface area contributed by atoms with Gasteiger partial charge >= 0.3 is 0 Å². The molecular formula is C18H11BrFN3O6S. The zero-order valence-corrected chi connectivity index (χ0v) is 17.2. The zero-order valence-electron chi connectivity index (χ0n) is 14.8. The molecule has 30 heavy (non-hydrogen) atoms. The van der Waals surface area contributed by atoms with Gasteiger partial charge in [-0.3, -0.25) is 29.4 Å². The number of hydrogen-bond acceptors (Lipinski definition) is 7. The molecule has 12 heteroatoms. The summed E-state index contributed by atoms with van der Waals surface area (Å²) in [6, 6.07) is 7.24. The predicted octanol–water partition coefficient (Wildman–Crippen LogP) is 3.88. The van der Waals surface area contributed by atoms with Crippen LogP contribution in [0, 0.1) is 15.9 Å². The van der Waals surface area contributed by atoms with Gasteiger partial charge in [-0.1, -0.05) is 6.07 Å². The van der Waals surface area contributed by atoms with Crippen LogP contribution >= 0.6 is 27.7 Å². The molecule has 154 valence electrons. The van der Waals surface area contributed by atoms with E-state index in [2.05, 4.69) is 21.2 Å². The molecule has 2 aromatic rings. The van der Waals surface area contributed by atoms with Crippen LogP contribution in [0.5, 0.6) is 5.75 Å². The first-order chi connectivity index (χ1) is 14.2. The number of benzene rings is 2. The van der Waals surface area contributed by atoms with Crippen LogP contribution in [0.25, 0.3) is 6.08 Å². The van der Waals surface area contributed by atoms with Gasteiger partial charge in [-0.05, 0) is 52.0 Å². The van der Waals surface area contributed by atoms with Crippen LogP contribution in [-0.2, 0) is 9.59 Å². The van der Waals surface area contributed by atoms with Gasteiger partial charge in [0, 0.05) is 23.4 Å². The Labute approximate surface area is 180 Å². The van der Waals surface area contributed by atoms with Crippen LogP contribution in [0.2, 0.25) is 0 Å². The molecule has 1 fully saturated rings. The molecule has 0 atom stereocenters. The average Bonchev–Trinajstić information content (AvgIpc) is 2.92. The van der Waals surface area contributed by atoms with Crippen molar-refractivity contribution < 1.29 is 28.8 Å². The second-order valence-corrected chi connectivity index (χ2v) is 7.80. The summed E-state index contributed by atoms with van der Waals surface area (Å²) in [6.45, 7) is -0.608. The number of nitro benzene ring substituents is 1. The number of aromatic hydroxyl groups is 1. The van der Waals surface area contributed by atoms with Gasteiger partial charge in [-0.15, -0.1) is 0 Å². The Bertz CT molecular complexity index is 1120. The van der Waals surface area contributed by atoms with E-state index in [-0.39, 0.29) is 32.1 Å². The van der Waals surface area contributed by atoms with Crippen LogP contribution in [0.4, 0.5) is 20.6 Å². The number of anilines is 1. The minimum atomic E-state index is -0.804. The minimum absolute atomic E-state index is 0.0386. The number of imide groups is 1. The standard InChI is InChI=1S/C18H11BrFN3O6S/c19-13-7-12(23(28)29)4-9(16(13)25)5-14-17(26)22(18(27)30-14)8-15(24)21-11-3-1-2-10(20)6-11/h1-7,25H,8H2,(H,21,24)/b14-5+. The largest absolute Gasteiger partial charge is 0.506 e. The number of phenols is 1. The SMILES string of the molecule is O=C(CN1C(=O)S/C(=C/c2cc([N+](=O)[O-])cc(Br)c2O)C1=O)Nc1cccc(F)c1. The molecule has 0 aliphatic carbocycles. The summed E-state index contributed by atoms with van der Waals surface area (Å²) in [6.07, 6.45) is 1.13. The molecule has 0 spiro atoms. The second-order valence-electron chi connectivity index (χ2n) is 5.95. The topological polar surface area (TPSA) is 130 Å². The van der Waals surface area contributed by atoms with Gasteiger partial charge in [0.25, 0.3) is 16.8 Å². The Balaban J connectivity index is 1.79. The molecule has 0 bridgehead atoms. The van der Waals surface area contributed by atoms with Crippen molar-refractivity contribution in [3.8, 4) is 5.75 Å². The van der Waals surface area contributed by atoms with Gasteiger partial charge in [0.1, 0.15) is 18.1 Å². The molecule has 0 unspecified atom stereocenters. The molecule has 9 nitrogen and oxygen atoms in total. The van der Waals surface area contributed by atoms with E-state index in [1.807, 2.05) is 0 Å².